The minimum absolute atomic E-state index is 0.310. The molecule has 1 saturated heterocycles. The number of likely N-dealkylation sites (tertiary alicyclic amines) is 1. The largest absolute Gasteiger partial charge is 0.330 e. The number of hydrogen-bond acceptors (Lipinski definition) is 2. The zero-order valence-corrected chi connectivity index (χ0v) is 10.7. The Hall–Kier alpha value is -0.860. The number of rotatable bonds is 3. The quantitative estimate of drug-likeness (QED) is 0.861. The first-order chi connectivity index (χ1) is 8.25. The molecule has 0 unspecified atom stereocenters. The molecule has 2 heteroatoms. The lowest BCUT2D eigenvalue weighted by atomic mass is 9.62. The van der Waals surface area contributed by atoms with Gasteiger partial charge in [-0.3, -0.25) is 0 Å². The molecule has 1 heterocycles. The molecule has 0 bridgehead atoms. The van der Waals surface area contributed by atoms with Gasteiger partial charge in [0.1, 0.15) is 0 Å². The van der Waals surface area contributed by atoms with Crippen LogP contribution in [0.1, 0.15) is 36.3 Å². The second-order valence-electron chi connectivity index (χ2n) is 5.84. The van der Waals surface area contributed by atoms with Gasteiger partial charge in [0.05, 0.1) is 0 Å². The molecule has 1 saturated carbocycles. The number of benzene rings is 1. The van der Waals surface area contributed by atoms with Crippen molar-refractivity contribution in [3.8, 4) is 0 Å². The van der Waals surface area contributed by atoms with Crippen LogP contribution in [0.2, 0.25) is 0 Å². The van der Waals surface area contributed by atoms with Gasteiger partial charge in [0.2, 0.25) is 0 Å². The third kappa shape index (κ3) is 1.71. The molecule has 2 aliphatic rings. The summed E-state index contributed by atoms with van der Waals surface area (Å²) in [5.41, 5.74) is 9.47. The van der Waals surface area contributed by atoms with Gasteiger partial charge < -0.3 is 10.6 Å². The van der Waals surface area contributed by atoms with Crippen LogP contribution in [0.5, 0.6) is 0 Å². The minimum atomic E-state index is 0.310. The van der Waals surface area contributed by atoms with Crippen molar-refractivity contribution in [3.05, 3.63) is 35.4 Å². The van der Waals surface area contributed by atoms with Crippen LogP contribution in [-0.4, -0.2) is 31.6 Å². The molecule has 0 aromatic heterocycles. The van der Waals surface area contributed by atoms with E-state index in [1.54, 1.807) is 11.1 Å². The van der Waals surface area contributed by atoms with Crippen LogP contribution in [0.3, 0.4) is 0 Å². The highest BCUT2D eigenvalue weighted by Crippen LogP contribution is 2.46. The molecule has 2 fully saturated rings. The van der Waals surface area contributed by atoms with Crippen LogP contribution in [0.4, 0.5) is 0 Å². The maximum absolute atomic E-state index is 6.05. The summed E-state index contributed by atoms with van der Waals surface area (Å²) in [6, 6.07) is 9.00. The smallest absolute Gasteiger partial charge is 0.00963 e. The summed E-state index contributed by atoms with van der Waals surface area (Å²) in [5, 5.41) is 0. The van der Waals surface area contributed by atoms with Crippen molar-refractivity contribution in [1.29, 1.82) is 0 Å². The minimum Gasteiger partial charge on any atom is -0.330 e. The predicted octanol–water partition coefficient (Wildman–Crippen LogP) is 2.10. The Balaban J connectivity index is 1.93. The Morgan fingerprint density at radius 2 is 2.00 bits per heavy atom. The molecule has 17 heavy (non-hydrogen) atoms. The second-order valence-corrected chi connectivity index (χ2v) is 5.84. The van der Waals surface area contributed by atoms with E-state index in [9.17, 15) is 0 Å². The summed E-state index contributed by atoms with van der Waals surface area (Å²) in [6.45, 7) is 3.22. The molecule has 3 rings (SSSR count). The molecule has 0 spiro atoms. The Kier molecular flexibility index (Phi) is 2.72. The highest BCUT2D eigenvalue weighted by molar-refractivity contribution is 5.40. The highest BCUT2D eigenvalue weighted by atomic mass is 15.2. The van der Waals surface area contributed by atoms with Crippen molar-refractivity contribution in [2.45, 2.75) is 30.6 Å². The third-order valence-electron chi connectivity index (χ3n) is 4.74. The van der Waals surface area contributed by atoms with Crippen molar-refractivity contribution < 1.29 is 0 Å². The Morgan fingerprint density at radius 1 is 1.29 bits per heavy atom. The molecule has 1 aliphatic carbocycles. The van der Waals surface area contributed by atoms with E-state index in [0.717, 1.165) is 12.5 Å². The van der Waals surface area contributed by atoms with Gasteiger partial charge >= 0.3 is 0 Å². The van der Waals surface area contributed by atoms with Crippen LogP contribution < -0.4 is 5.73 Å². The van der Waals surface area contributed by atoms with Crippen LogP contribution in [0.25, 0.3) is 0 Å². The molecule has 92 valence electrons. The predicted molar refractivity (Wildman–Crippen MR) is 71.3 cm³/mol. The van der Waals surface area contributed by atoms with Crippen molar-refractivity contribution >= 4 is 0 Å². The van der Waals surface area contributed by atoms with Gasteiger partial charge in [0, 0.05) is 31.0 Å². The van der Waals surface area contributed by atoms with E-state index < -0.39 is 0 Å². The van der Waals surface area contributed by atoms with E-state index in [-0.39, 0.29) is 0 Å². The summed E-state index contributed by atoms with van der Waals surface area (Å²) in [5.74, 6) is 0.736. The fraction of sp³-hybridized carbons (Fsp3) is 0.600. The van der Waals surface area contributed by atoms with Crippen molar-refractivity contribution in [1.82, 2.24) is 4.90 Å². The molecule has 1 aliphatic heterocycles. The van der Waals surface area contributed by atoms with E-state index in [0.29, 0.717) is 5.41 Å². The summed E-state index contributed by atoms with van der Waals surface area (Å²) >= 11 is 0. The second kappa shape index (κ2) is 4.11. The van der Waals surface area contributed by atoms with Gasteiger partial charge in [-0.1, -0.05) is 30.7 Å². The molecule has 0 atom stereocenters. The fourth-order valence-corrected chi connectivity index (χ4v) is 3.42. The lowest BCUT2D eigenvalue weighted by molar-refractivity contribution is 0.183. The Morgan fingerprint density at radius 3 is 2.53 bits per heavy atom. The average Bonchev–Trinajstić information content (AvgIpc) is 2.25. The van der Waals surface area contributed by atoms with Gasteiger partial charge in [0.15, 0.2) is 0 Å². The summed E-state index contributed by atoms with van der Waals surface area (Å²) in [6.07, 6.45) is 3.91. The molecule has 1 aromatic carbocycles. The average molecular weight is 230 g/mol. The van der Waals surface area contributed by atoms with Crippen molar-refractivity contribution in [2.24, 2.45) is 5.73 Å². The van der Waals surface area contributed by atoms with Crippen molar-refractivity contribution in [3.63, 3.8) is 0 Å². The van der Waals surface area contributed by atoms with E-state index in [1.165, 1.54) is 32.4 Å². The maximum Gasteiger partial charge on any atom is 0.00963 e. The summed E-state index contributed by atoms with van der Waals surface area (Å²) in [7, 11) is 2.20. The van der Waals surface area contributed by atoms with Gasteiger partial charge in [-0.05, 0) is 31.0 Å². The number of likely N-dealkylation sites (N-methyl/N-ethyl adjacent to an activating group) is 1. The summed E-state index contributed by atoms with van der Waals surface area (Å²) < 4.78 is 0. The van der Waals surface area contributed by atoms with E-state index >= 15 is 0 Å². The normalized spacial score (nSPS) is 24.1. The standard InChI is InChI=1S/C15H22N2/c1-17-9-12(10-17)13-5-2-3-6-14(13)15(11-16)7-4-8-15/h2-3,5-6,12H,4,7-11,16H2,1H3. The molecule has 1 aromatic rings. The van der Waals surface area contributed by atoms with E-state index in [2.05, 4.69) is 36.2 Å². The van der Waals surface area contributed by atoms with E-state index in [1.807, 2.05) is 0 Å². The van der Waals surface area contributed by atoms with Gasteiger partial charge in [-0.2, -0.15) is 0 Å². The molecule has 0 radical (unpaired) electrons. The SMILES string of the molecule is CN1CC(c2ccccc2C2(CN)CCC2)C1. The summed E-state index contributed by atoms with van der Waals surface area (Å²) in [4.78, 5) is 2.39. The lowest BCUT2D eigenvalue weighted by Gasteiger charge is -2.46. The van der Waals surface area contributed by atoms with Gasteiger partial charge in [-0.15, -0.1) is 0 Å². The number of hydrogen-bond donors (Lipinski definition) is 1. The number of nitrogens with zero attached hydrogens (tertiary/aromatic N) is 1. The molecular formula is C15H22N2. The third-order valence-corrected chi connectivity index (χ3v) is 4.74. The van der Waals surface area contributed by atoms with Crippen LogP contribution >= 0.6 is 0 Å². The molecule has 2 N–H and O–H groups in total. The van der Waals surface area contributed by atoms with Gasteiger partial charge in [-0.25, -0.2) is 0 Å². The molecule has 2 nitrogen and oxygen atoms in total. The topological polar surface area (TPSA) is 29.3 Å². The monoisotopic (exact) mass is 230 g/mol. The first-order valence-electron chi connectivity index (χ1n) is 6.73. The number of nitrogens with two attached hydrogens (primary N) is 1. The lowest BCUT2D eigenvalue weighted by Crippen LogP contribution is -2.46. The Labute approximate surface area is 104 Å². The highest BCUT2D eigenvalue weighted by Gasteiger charge is 2.40. The zero-order valence-electron chi connectivity index (χ0n) is 10.7. The first-order valence-corrected chi connectivity index (χ1v) is 6.73. The van der Waals surface area contributed by atoms with Crippen LogP contribution in [-0.2, 0) is 5.41 Å². The van der Waals surface area contributed by atoms with Crippen LogP contribution in [0, 0.1) is 0 Å². The first kappa shape index (κ1) is 11.2. The molecular weight excluding hydrogens is 208 g/mol. The zero-order chi connectivity index (χ0) is 11.9. The van der Waals surface area contributed by atoms with Crippen LogP contribution in [0.15, 0.2) is 24.3 Å². The van der Waals surface area contributed by atoms with Gasteiger partial charge in [0.25, 0.3) is 0 Å². The maximum atomic E-state index is 6.05. The Bertz CT molecular complexity index is 398. The molecule has 0 amide bonds. The fourth-order valence-electron chi connectivity index (χ4n) is 3.42. The van der Waals surface area contributed by atoms with Crippen molar-refractivity contribution in [2.75, 3.05) is 26.7 Å². The van der Waals surface area contributed by atoms with E-state index in [4.69, 9.17) is 5.73 Å².